The second-order valence-corrected chi connectivity index (χ2v) is 8.33. The Bertz CT molecular complexity index is 1020. The molecule has 28 heavy (non-hydrogen) atoms. The van der Waals surface area contributed by atoms with Crippen molar-refractivity contribution in [3.8, 4) is 0 Å². The topological polar surface area (TPSA) is 74.7 Å². The van der Waals surface area contributed by atoms with Crippen LogP contribution in [0.2, 0.25) is 0 Å². The van der Waals surface area contributed by atoms with Crippen LogP contribution in [0.3, 0.4) is 0 Å². The maximum Gasteiger partial charge on any atom is 0.335 e. The minimum atomic E-state index is -3.77. The Hall–Kier alpha value is -2.96. The Morgan fingerprint density at radius 3 is 1.86 bits per heavy atom. The molecule has 1 N–H and O–H groups in total. The molecule has 144 valence electrons. The van der Waals surface area contributed by atoms with E-state index < -0.39 is 16.0 Å². The van der Waals surface area contributed by atoms with E-state index >= 15 is 0 Å². The molecule has 0 aliphatic carbocycles. The van der Waals surface area contributed by atoms with Gasteiger partial charge >= 0.3 is 5.97 Å². The lowest BCUT2D eigenvalue weighted by atomic mass is 10.1. The van der Waals surface area contributed by atoms with Gasteiger partial charge in [0, 0.05) is 13.1 Å². The van der Waals surface area contributed by atoms with Crippen LogP contribution in [0.4, 0.5) is 0 Å². The summed E-state index contributed by atoms with van der Waals surface area (Å²) in [5.41, 5.74) is 2.00. The molecule has 0 aliphatic heterocycles. The highest BCUT2D eigenvalue weighted by Gasteiger charge is 2.24. The van der Waals surface area contributed by atoms with Crippen LogP contribution >= 0.6 is 0 Å². The maximum absolute atomic E-state index is 13.2. The van der Waals surface area contributed by atoms with Crippen molar-refractivity contribution < 1.29 is 18.3 Å². The van der Waals surface area contributed by atoms with Crippen molar-refractivity contribution in [3.63, 3.8) is 0 Å². The average molecular weight is 395 g/mol. The van der Waals surface area contributed by atoms with E-state index in [9.17, 15) is 13.2 Å². The van der Waals surface area contributed by atoms with E-state index in [1.54, 1.807) is 0 Å². The molecule has 0 aliphatic rings. The van der Waals surface area contributed by atoms with Crippen molar-refractivity contribution in [2.75, 3.05) is 6.54 Å². The molecule has 0 spiro atoms. The Morgan fingerprint density at radius 2 is 1.32 bits per heavy atom. The van der Waals surface area contributed by atoms with Crippen LogP contribution in [0.5, 0.6) is 0 Å². The summed E-state index contributed by atoms with van der Waals surface area (Å²) in [4.78, 5) is 11.1. The standard InChI is InChI=1S/C22H21NO4S/c24-22(25)20-11-13-21(14-12-20)28(26,27)23(17-19-9-5-2-6-10-19)16-15-18-7-3-1-4-8-18/h1-14H,15-17H2,(H,24,25). The number of hydrogen-bond acceptors (Lipinski definition) is 3. The van der Waals surface area contributed by atoms with Crippen LogP contribution in [0.1, 0.15) is 21.5 Å². The number of hydrogen-bond donors (Lipinski definition) is 1. The molecule has 0 saturated heterocycles. The van der Waals surface area contributed by atoms with Gasteiger partial charge in [0.15, 0.2) is 0 Å². The molecule has 0 bridgehead atoms. The highest BCUT2D eigenvalue weighted by molar-refractivity contribution is 7.89. The fourth-order valence-corrected chi connectivity index (χ4v) is 4.32. The summed E-state index contributed by atoms with van der Waals surface area (Å²) in [6.45, 7) is 0.568. The van der Waals surface area contributed by atoms with Crippen molar-refractivity contribution in [1.29, 1.82) is 0 Å². The number of rotatable bonds is 8. The molecule has 0 amide bonds. The monoisotopic (exact) mass is 395 g/mol. The molecule has 0 saturated carbocycles. The fourth-order valence-electron chi connectivity index (χ4n) is 2.89. The van der Waals surface area contributed by atoms with Crippen molar-refractivity contribution in [2.45, 2.75) is 17.9 Å². The smallest absolute Gasteiger partial charge is 0.335 e. The van der Waals surface area contributed by atoms with Gasteiger partial charge in [0.25, 0.3) is 0 Å². The third-order valence-corrected chi connectivity index (χ3v) is 6.29. The molecule has 0 radical (unpaired) electrons. The van der Waals surface area contributed by atoms with Crippen LogP contribution < -0.4 is 0 Å². The lowest BCUT2D eigenvalue weighted by Gasteiger charge is -2.22. The Morgan fingerprint density at radius 1 is 0.786 bits per heavy atom. The van der Waals surface area contributed by atoms with Crippen LogP contribution in [-0.4, -0.2) is 30.3 Å². The maximum atomic E-state index is 13.2. The summed E-state index contributed by atoms with van der Waals surface area (Å²) in [5, 5.41) is 9.03. The molecule has 0 unspecified atom stereocenters. The van der Waals surface area contributed by atoms with Gasteiger partial charge in [0.2, 0.25) is 10.0 Å². The summed E-state index contributed by atoms with van der Waals surface area (Å²) in [6, 6.07) is 24.4. The number of carbonyl (C=O) groups is 1. The van der Waals surface area contributed by atoms with E-state index in [0.717, 1.165) is 11.1 Å². The van der Waals surface area contributed by atoms with Crippen LogP contribution in [-0.2, 0) is 23.0 Å². The van der Waals surface area contributed by atoms with Gasteiger partial charge in [-0.05, 0) is 41.8 Å². The van der Waals surface area contributed by atoms with E-state index in [-0.39, 0.29) is 17.0 Å². The average Bonchev–Trinajstić information content (AvgIpc) is 2.72. The summed E-state index contributed by atoms with van der Waals surface area (Å²) in [7, 11) is -3.77. The summed E-state index contributed by atoms with van der Waals surface area (Å²) in [5.74, 6) is -1.09. The van der Waals surface area contributed by atoms with Gasteiger partial charge in [-0.15, -0.1) is 0 Å². The third kappa shape index (κ3) is 4.85. The molecule has 0 aromatic heterocycles. The predicted molar refractivity (Wildman–Crippen MR) is 108 cm³/mol. The SMILES string of the molecule is O=C(O)c1ccc(S(=O)(=O)N(CCc2ccccc2)Cc2ccccc2)cc1. The normalized spacial score (nSPS) is 11.5. The number of sulfonamides is 1. The Balaban J connectivity index is 1.88. The second kappa shape index (κ2) is 8.82. The molecule has 0 fully saturated rings. The molecule has 3 rings (SSSR count). The van der Waals surface area contributed by atoms with Crippen LogP contribution in [0, 0.1) is 0 Å². The van der Waals surface area contributed by atoms with Crippen molar-refractivity contribution in [1.82, 2.24) is 4.31 Å². The predicted octanol–water partition coefficient (Wildman–Crippen LogP) is 3.82. The first kappa shape index (κ1) is 19.8. The first-order chi connectivity index (χ1) is 13.5. The van der Waals surface area contributed by atoms with Crippen molar-refractivity contribution >= 4 is 16.0 Å². The minimum absolute atomic E-state index is 0.0536. The molecular formula is C22H21NO4S. The molecule has 3 aromatic rings. The lowest BCUT2D eigenvalue weighted by Crippen LogP contribution is -2.32. The number of carboxylic acids is 1. The summed E-state index contributed by atoms with van der Waals surface area (Å²) < 4.78 is 27.9. The van der Waals surface area contributed by atoms with Crippen molar-refractivity contribution in [3.05, 3.63) is 102 Å². The number of carboxylic acid groups (broad SMARTS) is 1. The van der Waals surface area contributed by atoms with Crippen LogP contribution in [0.25, 0.3) is 0 Å². The van der Waals surface area contributed by atoms with Crippen LogP contribution in [0.15, 0.2) is 89.8 Å². The Labute approximate surface area is 164 Å². The molecule has 3 aromatic carbocycles. The largest absolute Gasteiger partial charge is 0.478 e. The highest BCUT2D eigenvalue weighted by Crippen LogP contribution is 2.20. The molecular weight excluding hydrogens is 374 g/mol. The van der Waals surface area contributed by atoms with E-state index in [1.807, 2.05) is 60.7 Å². The Kier molecular flexibility index (Phi) is 6.23. The zero-order valence-corrected chi connectivity index (χ0v) is 16.0. The zero-order valence-electron chi connectivity index (χ0n) is 15.2. The second-order valence-electron chi connectivity index (χ2n) is 6.39. The molecule has 5 nitrogen and oxygen atoms in total. The minimum Gasteiger partial charge on any atom is -0.478 e. The van der Waals surface area contributed by atoms with Gasteiger partial charge < -0.3 is 5.11 Å². The van der Waals surface area contributed by atoms with Gasteiger partial charge in [0.1, 0.15) is 0 Å². The molecule has 6 heteroatoms. The molecule has 0 heterocycles. The third-order valence-electron chi connectivity index (χ3n) is 4.43. The summed E-state index contributed by atoms with van der Waals surface area (Å²) in [6.07, 6.45) is 0.583. The van der Waals surface area contributed by atoms with Crippen molar-refractivity contribution in [2.24, 2.45) is 0 Å². The van der Waals surface area contributed by atoms with E-state index in [1.165, 1.54) is 28.6 Å². The zero-order chi connectivity index (χ0) is 20.0. The lowest BCUT2D eigenvalue weighted by molar-refractivity contribution is 0.0696. The quantitative estimate of drug-likeness (QED) is 0.629. The van der Waals surface area contributed by atoms with Gasteiger partial charge in [-0.3, -0.25) is 0 Å². The number of nitrogens with zero attached hydrogens (tertiary/aromatic N) is 1. The van der Waals surface area contributed by atoms with Gasteiger partial charge in [-0.1, -0.05) is 60.7 Å². The van der Waals surface area contributed by atoms with E-state index in [2.05, 4.69) is 0 Å². The first-order valence-corrected chi connectivity index (χ1v) is 10.3. The van der Waals surface area contributed by atoms with E-state index in [4.69, 9.17) is 5.11 Å². The first-order valence-electron chi connectivity index (χ1n) is 8.88. The van der Waals surface area contributed by atoms with Gasteiger partial charge in [0.05, 0.1) is 10.5 Å². The summed E-state index contributed by atoms with van der Waals surface area (Å²) >= 11 is 0. The highest BCUT2D eigenvalue weighted by atomic mass is 32.2. The fraction of sp³-hybridized carbons (Fsp3) is 0.136. The number of benzene rings is 3. The van der Waals surface area contributed by atoms with Gasteiger partial charge in [-0.25, -0.2) is 13.2 Å². The van der Waals surface area contributed by atoms with Gasteiger partial charge in [-0.2, -0.15) is 4.31 Å². The number of aromatic carboxylic acids is 1. The van der Waals surface area contributed by atoms with E-state index in [0.29, 0.717) is 13.0 Å². The molecule has 0 atom stereocenters.